The smallest absolute Gasteiger partial charge is 0.0702 e. The minimum atomic E-state index is 0.482. The molecule has 1 saturated heterocycles. The molecule has 0 aliphatic carbocycles. The quantitative estimate of drug-likeness (QED) is 0.642. The van der Waals surface area contributed by atoms with Gasteiger partial charge in [0.25, 0.3) is 0 Å². The largest absolute Gasteiger partial charge is 0.377 e. The zero-order valence-corrected chi connectivity index (χ0v) is 12.7. The molecule has 1 rings (SSSR count). The van der Waals surface area contributed by atoms with E-state index in [0.29, 0.717) is 12.1 Å². The van der Waals surface area contributed by atoms with Gasteiger partial charge in [0, 0.05) is 19.2 Å². The van der Waals surface area contributed by atoms with Gasteiger partial charge in [0.05, 0.1) is 6.10 Å². The van der Waals surface area contributed by atoms with Gasteiger partial charge in [-0.15, -0.1) is 0 Å². The Morgan fingerprint density at radius 1 is 1.33 bits per heavy atom. The van der Waals surface area contributed by atoms with Gasteiger partial charge in [0.1, 0.15) is 0 Å². The third kappa shape index (κ3) is 6.17. The van der Waals surface area contributed by atoms with Crippen molar-refractivity contribution in [2.24, 2.45) is 5.92 Å². The first-order valence-corrected chi connectivity index (χ1v) is 7.69. The van der Waals surface area contributed by atoms with E-state index in [9.17, 15) is 0 Å². The number of ether oxygens (including phenoxy) is 1. The molecule has 1 fully saturated rings. The standard InChI is InChI=1S/C15H32N2O/c1-5-17(12-15-7-6-10-18-15)14(4)8-9-16-11-13(2)3/h13-16H,5-12H2,1-4H3. The van der Waals surface area contributed by atoms with E-state index in [0.717, 1.165) is 38.7 Å². The van der Waals surface area contributed by atoms with Crippen LogP contribution in [0.2, 0.25) is 0 Å². The summed E-state index contributed by atoms with van der Waals surface area (Å²) in [6.07, 6.45) is 4.20. The lowest BCUT2D eigenvalue weighted by atomic mass is 10.1. The van der Waals surface area contributed by atoms with Crippen molar-refractivity contribution in [3.8, 4) is 0 Å². The average molecular weight is 256 g/mol. The molecule has 3 heteroatoms. The maximum Gasteiger partial charge on any atom is 0.0702 e. The third-order valence-electron chi connectivity index (χ3n) is 3.78. The van der Waals surface area contributed by atoms with Crippen LogP contribution in [0.1, 0.15) is 47.0 Å². The topological polar surface area (TPSA) is 24.5 Å². The second kappa shape index (κ2) is 8.89. The maximum absolute atomic E-state index is 5.74. The highest BCUT2D eigenvalue weighted by atomic mass is 16.5. The number of nitrogens with zero attached hydrogens (tertiary/aromatic N) is 1. The second-order valence-corrected chi connectivity index (χ2v) is 5.96. The summed E-state index contributed by atoms with van der Waals surface area (Å²) in [4.78, 5) is 2.56. The molecule has 0 aromatic rings. The van der Waals surface area contributed by atoms with Crippen molar-refractivity contribution in [2.75, 3.05) is 32.8 Å². The SMILES string of the molecule is CCN(CC1CCCO1)C(C)CCNCC(C)C. The molecule has 18 heavy (non-hydrogen) atoms. The van der Waals surface area contributed by atoms with E-state index in [1.807, 2.05) is 0 Å². The first-order valence-electron chi connectivity index (χ1n) is 7.69. The average Bonchev–Trinajstić information content (AvgIpc) is 2.84. The predicted octanol–water partition coefficient (Wildman–Crippen LogP) is 2.51. The summed E-state index contributed by atoms with van der Waals surface area (Å²) in [7, 11) is 0. The molecule has 3 nitrogen and oxygen atoms in total. The number of likely N-dealkylation sites (N-methyl/N-ethyl adjacent to an activating group) is 1. The third-order valence-corrected chi connectivity index (χ3v) is 3.78. The molecule has 0 aromatic carbocycles. The molecule has 2 atom stereocenters. The molecule has 1 aliphatic heterocycles. The number of rotatable bonds is 9. The molecule has 0 amide bonds. The van der Waals surface area contributed by atoms with Gasteiger partial charge < -0.3 is 10.1 Å². The lowest BCUT2D eigenvalue weighted by Gasteiger charge is -2.30. The van der Waals surface area contributed by atoms with Gasteiger partial charge in [-0.25, -0.2) is 0 Å². The number of nitrogens with one attached hydrogen (secondary N) is 1. The van der Waals surface area contributed by atoms with Crippen molar-refractivity contribution < 1.29 is 4.74 Å². The van der Waals surface area contributed by atoms with Crippen molar-refractivity contribution in [3.05, 3.63) is 0 Å². The Kier molecular flexibility index (Phi) is 7.87. The van der Waals surface area contributed by atoms with E-state index in [-0.39, 0.29) is 0 Å². The first-order chi connectivity index (χ1) is 8.63. The van der Waals surface area contributed by atoms with Crippen molar-refractivity contribution >= 4 is 0 Å². The van der Waals surface area contributed by atoms with Crippen LogP contribution in [0.3, 0.4) is 0 Å². The summed E-state index contributed by atoms with van der Waals surface area (Å²) in [6.45, 7) is 14.6. The van der Waals surface area contributed by atoms with Gasteiger partial charge in [0.2, 0.25) is 0 Å². The molecular formula is C15H32N2O. The maximum atomic E-state index is 5.74. The summed E-state index contributed by atoms with van der Waals surface area (Å²) in [6, 6.07) is 0.652. The highest BCUT2D eigenvalue weighted by Crippen LogP contribution is 2.15. The van der Waals surface area contributed by atoms with E-state index < -0.39 is 0 Å². The van der Waals surface area contributed by atoms with Crippen LogP contribution in [-0.2, 0) is 4.74 Å². The molecule has 108 valence electrons. The van der Waals surface area contributed by atoms with Gasteiger partial charge in [-0.05, 0) is 51.7 Å². The zero-order valence-electron chi connectivity index (χ0n) is 12.7. The van der Waals surface area contributed by atoms with Crippen molar-refractivity contribution in [2.45, 2.75) is 59.1 Å². The number of hydrogen-bond donors (Lipinski definition) is 1. The Morgan fingerprint density at radius 3 is 2.67 bits per heavy atom. The second-order valence-electron chi connectivity index (χ2n) is 5.96. The van der Waals surface area contributed by atoms with Gasteiger partial charge in [-0.2, -0.15) is 0 Å². The Hall–Kier alpha value is -0.120. The first kappa shape index (κ1) is 15.9. The van der Waals surface area contributed by atoms with E-state index in [1.54, 1.807) is 0 Å². The van der Waals surface area contributed by atoms with Crippen LogP contribution < -0.4 is 5.32 Å². The fourth-order valence-corrected chi connectivity index (χ4v) is 2.55. The molecular weight excluding hydrogens is 224 g/mol. The molecule has 1 heterocycles. The van der Waals surface area contributed by atoms with Crippen LogP contribution in [0, 0.1) is 5.92 Å². The summed E-state index contributed by atoms with van der Waals surface area (Å²) in [5.41, 5.74) is 0. The molecule has 1 aliphatic rings. The van der Waals surface area contributed by atoms with Crippen molar-refractivity contribution in [3.63, 3.8) is 0 Å². The summed E-state index contributed by atoms with van der Waals surface area (Å²) in [5, 5.41) is 3.53. The van der Waals surface area contributed by atoms with Gasteiger partial charge in [-0.3, -0.25) is 4.90 Å². The van der Waals surface area contributed by atoms with Crippen LogP contribution in [-0.4, -0.2) is 49.8 Å². The minimum absolute atomic E-state index is 0.482. The highest BCUT2D eigenvalue weighted by Gasteiger charge is 2.21. The van der Waals surface area contributed by atoms with E-state index >= 15 is 0 Å². The van der Waals surface area contributed by atoms with Crippen LogP contribution in [0.5, 0.6) is 0 Å². The van der Waals surface area contributed by atoms with Crippen LogP contribution >= 0.6 is 0 Å². The Morgan fingerprint density at radius 2 is 2.11 bits per heavy atom. The lowest BCUT2D eigenvalue weighted by Crippen LogP contribution is -2.40. The highest BCUT2D eigenvalue weighted by molar-refractivity contribution is 4.74. The predicted molar refractivity (Wildman–Crippen MR) is 78.0 cm³/mol. The van der Waals surface area contributed by atoms with Crippen LogP contribution in [0.15, 0.2) is 0 Å². The normalized spacial score (nSPS) is 22.0. The van der Waals surface area contributed by atoms with E-state index in [1.165, 1.54) is 19.3 Å². The van der Waals surface area contributed by atoms with Gasteiger partial charge in [-0.1, -0.05) is 20.8 Å². The summed E-state index contributed by atoms with van der Waals surface area (Å²) < 4.78 is 5.74. The number of hydrogen-bond acceptors (Lipinski definition) is 3. The lowest BCUT2D eigenvalue weighted by molar-refractivity contribution is 0.0605. The van der Waals surface area contributed by atoms with Crippen molar-refractivity contribution in [1.82, 2.24) is 10.2 Å². The Labute approximate surface area is 113 Å². The van der Waals surface area contributed by atoms with Crippen molar-refractivity contribution in [1.29, 1.82) is 0 Å². The van der Waals surface area contributed by atoms with Crippen LogP contribution in [0.4, 0.5) is 0 Å². The van der Waals surface area contributed by atoms with Crippen LogP contribution in [0.25, 0.3) is 0 Å². The summed E-state index contributed by atoms with van der Waals surface area (Å²) in [5.74, 6) is 0.745. The molecule has 2 unspecified atom stereocenters. The molecule has 0 radical (unpaired) electrons. The zero-order chi connectivity index (χ0) is 13.4. The van der Waals surface area contributed by atoms with E-state index in [2.05, 4.69) is 37.9 Å². The molecule has 0 saturated carbocycles. The molecule has 1 N–H and O–H groups in total. The Bertz CT molecular complexity index is 203. The van der Waals surface area contributed by atoms with Gasteiger partial charge in [0.15, 0.2) is 0 Å². The minimum Gasteiger partial charge on any atom is -0.377 e. The van der Waals surface area contributed by atoms with E-state index in [4.69, 9.17) is 4.74 Å². The fourth-order valence-electron chi connectivity index (χ4n) is 2.55. The monoisotopic (exact) mass is 256 g/mol. The summed E-state index contributed by atoms with van der Waals surface area (Å²) >= 11 is 0. The fraction of sp³-hybridized carbons (Fsp3) is 1.00. The molecule has 0 aromatic heterocycles. The molecule has 0 spiro atoms. The van der Waals surface area contributed by atoms with Gasteiger partial charge >= 0.3 is 0 Å². The molecule has 0 bridgehead atoms. The Balaban J connectivity index is 2.17.